The maximum atomic E-state index is 12.0. The van der Waals surface area contributed by atoms with Crippen molar-refractivity contribution in [2.24, 2.45) is 5.92 Å². The van der Waals surface area contributed by atoms with Gasteiger partial charge in [-0.3, -0.25) is 4.68 Å². The van der Waals surface area contributed by atoms with E-state index in [1.54, 1.807) is 6.92 Å². The molecule has 0 aromatic carbocycles. The zero-order valence-electron chi connectivity index (χ0n) is 10.6. The number of hydrogen-bond donors (Lipinski definition) is 3. The van der Waals surface area contributed by atoms with Crippen molar-refractivity contribution in [1.82, 2.24) is 14.5 Å². The Hall–Kier alpha value is -1.12. The Morgan fingerprint density at radius 1 is 1.61 bits per heavy atom. The van der Waals surface area contributed by atoms with Crippen molar-refractivity contribution < 1.29 is 13.5 Å². The number of nitrogens with two attached hydrogens (primary N) is 1. The number of nitrogen functional groups attached to an aromatic ring is 1. The van der Waals surface area contributed by atoms with Crippen LogP contribution in [0.5, 0.6) is 0 Å². The second kappa shape index (κ2) is 6.17. The van der Waals surface area contributed by atoms with E-state index < -0.39 is 10.0 Å². The van der Waals surface area contributed by atoms with Crippen LogP contribution in [0.2, 0.25) is 0 Å². The van der Waals surface area contributed by atoms with Crippen LogP contribution in [0.25, 0.3) is 0 Å². The second-order valence-electron chi connectivity index (χ2n) is 4.28. The molecule has 0 amide bonds. The number of nitrogens with one attached hydrogen (secondary N) is 1. The Bertz CT molecular complexity index is 483. The largest absolute Gasteiger partial charge is 0.396 e. The van der Waals surface area contributed by atoms with Crippen LogP contribution in [0.4, 0.5) is 5.82 Å². The molecule has 1 aromatic rings. The van der Waals surface area contributed by atoms with Crippen molar-refractivity contribution in [2.45, 2.75) is 31.7 Å². The van der Waals surface area contributed by atoms with Crippen LogP contribution in [-0.4, -0.2) is 36.5 Å². The summed E-state index contributed by atoms with van der Waals surface area (Å²) in [5, 5.41) is 12.8. The topological polar surface area (TPSA) is 110 Å². The Labute approximate surface area is 107 Å². The third-order valence-electron chi connectivity index (χ3n) is 2.43. The first-order valence-corrected chi connectivity index (χ1v) is 7.32. The highest BCUT2D eigenvalue weighted by Crippen LogP contribution is 2.16. The standard InChI is InChI=1S/C10H20N4O3S/c1-3-4-14-6-9(10(11)13-14)18(16,17)12-5-8(2)7-15/h6,8,12,15H,3-5,7H2,1-2H3,(H2,11,13). The van der Waals surface area contributed by atoms with E-state index in [9.17, 15) is 8.42 Å². The minimum Gasteiger partial charge on any atom is -0.396 e. The highest BCUT2D eigenvalue weighted by atomic mass is 32.2. The minimum atomic E-state index is -3.66. The van der Waals surface area contributed by atoms with E-state index in [0.29, 0.717) is 6.54 Å². The number of nitrogens with zero attached hydrogens (tertiary/aromatic N) is 2. The molecule has 1 heterocycles. The summed E-state index contributed by atoms with van der Waals surface area (Å²) in [6, 6.07) is 0. The second-order valence-corrected chi connectivity index (χ2v) is 6.02. The van der Waals surface area contributed by atoms with E-state index in [1.807, 2.05) is 6.92 Å². The summed E-state index contributed by atoms with van der Waals surface area (Å²) in [5.74, 6) is -0.153. The van der Waals surface area contributed by atoms with Gasteiger partial charge in [-0.15, -0.1) is 0 Å². The van der Waals surface area contributed by atoms with Gasteiger partial charge in [0.25, 0.3) is 0 Å². The lowest BCUT2D eigenvalue weighted by Crippen LogP contribution is -2.29. The van der Waals surface area contributed by atoms with Gasteiger partial charge in [0.1, 0.15) is 4.90 Å². The first-order chi connectivity index (χ1) is 8.40. The van der Waals surface area contributed by atoms with E-state index >= 15 is 0 Å². The summed E-state index contributed by atoms with van der Waals surface area (Å²) >= 11 is 0. The lowest BCUT2D eigenvalue weighted by molar-refractivity contribution is 0.238. The molecule has 0 aliphatic heterocycles. The van der Waals surface area contributed by atoms with Crippen LogP contribution >= 0.6 is 0 Å². The van der Waals surface area contributed by atoms with Gasteiger partial charge in [0.2, 0.25) is 10.0 Å². The average molecular weight is 276 g/mol. The number of aliphatic hydroxyl groups excluding tert-OH is 1. The molecule has 0 bridgehead atoms. The zero-order chi connectivity index (χ0) is 13.8. The quantitative estimate of drug-likeness (QED) is 0.638. The summed E-state index contributed by atoms with van der Waals surface area (Å²) in [6.45, 7) is 4.41. The molecule has 0 saturated heterocycles. The molecular formula is C10H20N4O3S. The van der Waals surface area contributed by atoms with Gasteiger partial charge in [0, 0.05) is 25.9 Å². The molecule has 104 valence electrons. The Kier molecular flexibility index (Phi) is 5.12. The van der Waals surface area contributed by atoms with Gasteiger partial charge >= 0.3 is 0 Å². The fraction of sp³-hybridized carbons (Fsp3) is 0.700. The van der Waals surface area contributed by atoms with Crippen molar-refractivity contribution in [1.29, 1.82) is 0 Å². The maximum absolute atomic E-state index is 12.0. The van der Waals surface area contributed by atoms with Crippen molar-refractivity contribution in [3.05, 3.63) is 6.20 Å². The number of sulfonamides is 1. The predicted molar refractivity (Wildman–Crippen MR) is 68.4 cm³/mol. The lowest BCUT2D eigenvalue weighted by atomic mass is 10.2. The smallest absolute Gasteiger partial charge is 0.245 e. The molecule has 1 rings (SSSR count). The Morgan fingerprint density at radius 3 is 2.83 bits per heavy atom. The van der Waals surface area contributed by atoms with Crippen LogP contribution in [0.3, 0.4) is 0 Å². The summed E-state index contributed by atoms with van der Waals surface area (Å²) in [4.78, 5) is -0.0129. The van der Waals surface area contributed by atoms with Crippen LogP contribution in [-0.2, 0) is 16.6 Å². The normalized spacial score (nSPS) is 13.7. The van der Waals surface area contributed by atoms with Crippen LogP contribution in [0.1, 0.15) is 20.3 Å². The SMILES string of the molecule is CCCn1cc(S(=O)(=O)NCC(C)CO)c(N)n1. The number of aryl methyl sites for hydroxylation is 1. The fourth-order valence-corrected chi connectivity index (χ4v) is 2.60. The van der Waals surface area contributed by atoms with E-state index in [1.165, 1.54) is 10.9 Å². The number of rotatable bonds is 7. The van der Waals surface area contributed by atoms with Crippen LogP contribution in [0.15, 0.2) is 11.1 Å². The van der Waals surface area contributed by atoms with E-state index in [0.717, 1.165) is 6.42 Å². The molecule has 18 heavy (non-hydrogen) atoms. The molecule has 7 nitrogen and oxygen atoms in total. The summed E-state index contributed by atoms with van der Waals surface area (Å²) < 4.78 is 27.8. The number of aromatic nitrogens is 2. The molecular weight excluding hydrogens is 256 g/mol. The maximum Gasteiger partial charge on any atom is 0.245 e. The Balaban J connectivity index is 2.84. The van der Waals surface area contributed by atoms with Gasteiger partial charge in [-0.1, -0.05) is 13.8 Å². The van der Waals surface area contributed by atoms with Gasteiger partial charge < -0.3 is 10.8 Å². The summed E-state index contributed by atoms with van der Waals surface area (Å²) in [7, 11) is -3.66. The zero-order valence-corrected chi connectivity index (χ0v) is 11.4. The highest BCUT2D eigenvalue weighted by molar-refractivity contribution is 7.89. The molecule has 1 unspecified atom stereocenters. The molecule has 0 aliphatic rings. The van der Waals surface area contributed by atoms with E-state index in [2.05, 4.69) is 9.82 Å². The minimum absolute atomic E-state index is 0.00685. The number of anilines is 1. The molecule has 1 aromatic heterocycles. The van der Waals surface area contributed by atoms with E-state index in [-0.39, 0.29) is 29.8 Å². The van der Waals surface area contributed by atoms with Gasteiger partial charge in [-0.25, -0.2) is 13.1 Å². The third kappa shape index (κ3) is 3.69. The average Bonchev–Trinajstić information content (AvgIpc) is 2.68. The summed E-state index contributed by atoms with van der Waals surface area (Å²) in [5.41, 5.74) is 5.60. The highest BCUT2D eigenvalue weighted by Gasteiger charge is 2.21. The van der Waals surface area contributed by atoms with Gasteiger partial charge in [-0.05, 0) is 12.3 Å². The lowest BCUT2D eigenvalue weighted by Gasteiger charge is -2.09. The molecule has 0 radical (unpaired) electrons. The summed E-state index contributed by atoms with van der Waals surface area (Å²) in [6.07, 6.45) is 2.26. The first-order valence-electron chi connectivity index (χ1n) is 5.84. The van der Waals surface area contributed by atoms with Crippen molar-refractivity contribution in [3.8, 4) is 0 Å². The number of aliphatic hydroxyl groups is 1. The van der Waals surface area contributed by atoms with Gasteiger partial charge in [0.15, 0.2) is 5.82 Å². The first kappa shape index (κ1) is 14.9. The predicted octanol–water partition coefficient (Wildman–Crippen LogP) is -0.218. The van der Waals surface area contributed by atoms with Crippen LogP contribution in [0, 0.1) is 5.92 Å². The van der Waals surface area contributed by atoms with Crippen molar-refractivity contribution >= 4 is 15.8 Å². The molecule has 4 N–H and O–H groups in total. The molecule has 1 atom stereocenters. The van der Waals surface area contributed by atoms with Crippen molar-refractivity contribution in [3.63, 3.8) is 0 Å². The Morgan fingerprint density at radius 2 is 2.28 bits per heavy atom. The monoisotopic (exact) mass is 276 g/mol. The van der Waals surface area contributed by atoms with Crippen LogP contribution < -0.4 is 10.5 Å². The fourth-order valence-electron chi connectivity index (χ4n) is 1.36. The van der Waals surface area contributed by atoms with Gasteiger partial charge in [0.05, 0.1) is 0 Å². The third-order valence-corrected chi connectivity index (χ3v) is 3.87. The van der Waals surface area contributed by atoms with Crippen molar-refractivity contribution in [2.75, 3.05) is 18.9 Å². The van der Waals surface area contributed by atoms with Gasteiger partial charge in [-0.2, -0.15) is 5.10 Å². The number of hydrogen-bond acceptors (Lipinski definition) is 5. The molecule has 8 heteroatoms. The van der Waals surface area contributed by atoms with E-state index in [4.69, 9.17) is 10.8 Å². The molecule has 0 fully saturated rings. The molecule has 0 saturated carbocycles. The molecule has 0 spiro atoms. The molecule has 0 aliphatic carbocycles.